The first-order valence-electron chi connectivity index (χ1n) is 20.4. The van der Waals surface area contributed by atoms with Crippen LogP contribution in [0.3, 0.4) is 0 Å². The molecule has 10 rings (SSSR count). The maximum absolute atomic E-state index is 8.86. The number of hydrogen-bond donors (Lipinski definition) is 0. The molecule has 0 aliphatic heterocycles. The Kier molecular flexibility index (Phi) is 6.05. The van der Waals surface area contributed by atoms with Crippen LogP contribution >= 0.6 is 0 Å². The van der Waals surface area contributed by atoms with Crippen molar-refractivity contribution in [3.63, 3.8) is 0 Å². The van der Waals surface area contributed by atoms with E-state index in [1.807, 2.05) is 48.5 Å². The van der Waals surface area contributed by atoms with E-state index in [1.54, 1.807) is 0 Å². The summed E-state index contributed by atoms with van der Waals surface area (Å²) in [6, 6.07) is 50.6. The highest BCUT2D eigenvalue weighted by Gasteiger charge is 2.37. The monoisotopic (exact) mass is 681 g/mol. The molecule has 1 heterocycles. The van der Waals surface area contributed by atoms with Gasteiger partial charge >= 0.3 is 0 Å². The molecule has 8 aromatic carbocycles. The molecule has 0 saturated heterocycles. The van der Waals surface area contributed by atoms with E-state index in [4.69, 9.17) is 16.8 Å². The lowest BCUT2D eigenvalue weighted by Crippen LogP contribution is -2.14. The van der Waals surface area contributed by atoms with E-state index in [2.05, 4.69) is 117 Å². The lowest BCUT2D eigenvalue weighted by Gasteiger charge is -2.22. The zero-order valence-corrected chi connectivity index (χ0v) is 29.3. The third-order valence-electron chi connectivity index (χ3n) is 10.8. The Balaban J connectivity index is 1.20. The van der Waals surface area contributed by atoms with Gasteiger partial charge in [0.05, 0.1) is 18.2 Å². The SMILES string of the molecule is [2H]c1c([2H])c([2H])c(-c2nc(-c3cccc(-c4ccccc4)c3)cc(-c3ccc(-c4cccc5c4-c4cc6ccccc6cc4C5(C)C)c4ccccc34)n2)c([2H])c1[2H]. The highest BCUT2D eigenvalue weighted by atomic mass is 14.9. The molecule has 0 fully saturated rings. The Morgan fingerprint density at radius 1 is 0.434 bits per heavy atom. The molecule has 1 aromatic heterocycles. The summed E-state index contributed by atoms with van der Waals surface area (Å²) in [5, 5.41) is 4.47. The topological polar surface area (TPSA) is 25.8 Å². The fourth-order valence-electron chi connectivity index (χ4n) is 8.15. The van der Waals surface area contributed by atoms with Crippen molar-refractivity contribution in [2.24, 2.45) is 0 Å². The largest absolute Gasteiger partial charge is 0.228 e. The Hall–Kier alpha value is -6.64. The van der Waals surface area contributed by atoms with Gasteiger partial charge in [-0.3, -0.25) is 0 Å². The molecular formula is C51H36N2. The molecule has 2 heteroatoms. The maximum Gasteiger partial charge on any atom is 0.160 e. The molecule has 0 bridgehead atoms. The van der Waals surface area contributed by atoms with Crippen LogP contribution in [0, 0.1) is 0 Å². The van der Waals surface area contributed by atoms with Gasteiger partial charge in [-0.15, -0.1) is 0 Å². The summed E-state index contributed by atoms with van der Waals surface area (Å²) in [4.78, 5) is 9.95. The van der Waals surface area contributed by atoms with E-state index in [1.165, 1.54) is 33.0 Å². The van der Waals surface area contributed by atoms with Crippen molar-refractivity contribution in [2.75, 3.05) is 0 Å². The van der Waals surface area contributed by atoms with E-state index in [0.29, 0.717) is 11.4 Å². The van der Waals surface area contributed by atoms with Crippen molar-refractivity contribution in [3.8, 4) is 67.3 Å². The standard InChI is InChI=1S/C51H36N2/c1-51(2)45-26-14-25-43(49(45)44-30-36-19-9-10-20-37(36)31-46(44)51)41-27-28-42(40-24-12-11-23-39(40)41)48-32-47(52-50(53-48)34-17-7-4-8-18-34)38-22-13-21-35(29-38)33-15-5-3-6-16-33/h3-32H,1-2H3/i4D,7D,8D,17D,18D. The number of benzene rings is 8. The third-order valence-corrected chi connectivity index (χ3v) is 10.8. The van der Waals surface area contributed by atoms with Crippen molar-refractivity contribution >= 4 is 21.5 Å². The van der Waals surface area contributed by atoms with Crippen LogP contribution in [-0.2, 0) is 5.41 Å². The first-order chi connectivity index (χ1) is 28.1. The van der Waals surface area contributed by atoms with Crippen LogP contribution in [0.2, 0.25) is 0 Å². The van der Waals surface area contributed by atoms with Gasteiger partial charge < -0.3 is 0 Å². The Morgan fingerprint density at radius 2 is 1.08 bits per heavy atom. The molecule has 0 saturated carbocycles. The van der Waals surface area contributed by atoms with Crippen molar-refractivity contribution in [2.45, 2.75) is 19.3 Å². The minimum absolute atomic E-state index is 0.0390. The van der Waals surface area contributed by atoms with Gasteiger partial charge in [-0.2, -0.15) is 0 Å². The molecule has 0 amide bonds. The normalized spacial score (nSPS) is 14.2. The average Bonchev–Trinajstić information content (AvgIpc) is 3.49. The zero-order valence-electron chi connectivity index (χ0n) is 34.3. The van der Waals surface area contributed by atoms with Crippen molar-refractivity contribution in [1.82, 2.24) is 9.97 Å². The summed E-state index contributed by atoms with van der Waals surface area (Å²) < 4.78 is 42.9. The summed E-state index contributed by atoms with van der Waals surface area (Å²) >= 11 is 0. The Morgan fingerprint density at radius 3 is 1.89 bits per heavy atom. The number of rotatable bonds is 5. The summed E-state index contributed by atoms with van der Waals surface area (Å²) in [5.74, 6) is 0.0646. The predicted molar refractivity (Wildman–Crippen MR) is 222 cm³/mol. The minimum Gasteiger partial charge on any atom is -0.228 e. The fourth-order valence-corrected chi connectivity index (χ4v) is 8.15. The first-order valence-corrected chi connectivity index (χ1v) is 17.9. The van der Waals surface area contributed by atoms with Gasteiger partial charge in [0.15, 0.2) is 5.82 Å². The van der Waals surface area contributed by atoms with Gasteiger partial charge in [-0.05, 0) is 90.3 Å². The Bertz CT molecular complexity index is 3130. The second-order valence-electron chi connectivity index (χ2n) is 14.2. The van der Waals surface area contributed by atoms with Crippen LogP contribution in [0.25, 0.3) is 88.8 Å². The van der Waals surface area contributed by atoms with Gasteiger partial charge in [-0.1, -0.05) is 171 Å². The molecule has 0 spiro atoms. The first kappa shape index (κ1) is 26.2. The van der Waals surface area contributed by atoms with E-state index in [9.17, 15) is 0 Å². The number of hydrogen-bond acceptors (Lipinski definition) is 2. The highest BCUT2D eigenvalue weighted by molar-refractivity contribution is 6.08. The van der Waals surface area contributed by atoms with E-state index >= 15 is 0 Å². The average molecular weight is 682 g/mol. The molecule has 0 N–H and O–H groups in total. The summed E-state index contributed by atoms with van der Waals surface area (Å²) in [6.07, 6.45) is 0. The third kappa shape index (κ3) is 5.18. The molecule has 53 heavy (non-hydrogen) atoms. The molecule has 2 nitrogen and oxygen atoms in total. The molecule has 0 unspecified atom stereocenters. The lowest BCUT2D eigenvalue weighted by atomic mass is 9.81. The number of nitrogens with zero attached hydrogens (tertiary/aromatic N) is 2. The second kappa shape index (κ2) is 12.3. The molecule has 0 radical (unpaired) electrons. The van der Waals surface area contributed by atoms with Gasteiger partial charge in [-0.25, -0.2) is 9.97 Å². The van der Waals surface area contributed by atoms with Gasteiger partial charge in [0.2, 0.25) is 0 Å². The summed E-state index contributed by atoms with van der Waals surface area (Å²) in [6.45, 7) is 4.62. The van der Waals surface area contributed by atoms with Crippen LogP contribution in [0.15, 0.2) is 182 Å². The van der Waals surface area contributed by atoms with Crippen LogP contribution in [0.1, 0.15) is 31.8 Å². The number of aromatic nitrogens is 2. The number of fused-ring (bicyclic) bond motifs is 5. The van der Waals surface area contributed by atoms with Crippen molar-refractivity contribution in [1.29, 1.82) is 0 Å². The minimum atomic E-state index is -0.459. The van der Waals surface area contributed by atoms with Crippen LogP contribution in [0.5, 0.6) is 0 Å². The summed E-state index contributed by atoms with van der Waals surface area (Å²) in [7, 11) is 0. The molecule has 1 aliphatic carbocycles. The second-order valence-corrected chi connectivity index (χ2v) is 14.2. The van der Waals surface area contributed by atoms with E-state index in [-0.39, 0.29) is 28.9 Å². The van der Waals surface area contributed by atoms with Crippen molar-refractivity contribution in [3.05, 3.63) is 193 Å². The predicted octanol–water partition coefficient (Wildman–Crippen LogP) is 13.4. The smallest absolute Gasteiger partial charge is 0.160 e. The summed E-state index contributed by atoms with van der Waals surface area (Å²) in [5.41, 5.74) is 12.0. The van der Waals surface area contributed by atoms with Crippen LogP contribution in [-0.4, -0.2) is 9.97 Å². The fraction of sp³-hybridized carbons (Fsp3) is 0.0588. The van der Waals surface area contributed by atoms with Gasteiger partial charge in [0.25, 0.3) is 0 Å². The van der Waals surface area contributed by atoms with Gasteiger partial charge in [0.1, 0.15) is 0 Å². The highest BCUT2D eigenvalue weighted by Crippen LogP contribution is 2.54. The van der Waals surface area contributed by atoms with E-state index in [0.717, 1.165) is 44.2 Å². The quantitative estimate of drug-likeness (QED) is 0.181. The molecular weight excluding hydrogens is 641 g/mol. The van der Waals surface area contributed by atoms with Crippen LogP contribution in [0.4, 0.5) is 0 Å². The van der Waals surface area contributed by atoms with Gasteiger partial charge in [0, 0.05) is 22.1 Å². The molecule has 250 valence electrons. The molecule has 9 aromatic rings. The Labute approximate surface area is 317 Å². The van der Waals surface area contributed by atoms with Crippen molar-refractivity contribution < 1.29 is 6.85 Å². The maximum atomic E-state index is 8.86. The van der Waals surface area contributed by atoms with Crippen LogP contribution < -0.4 is 0 Å². The van der Waals surface area contributed by atoms with E-state index < -0.39 is 18.1 Å². The zero-order chi connectivity index (χ0) is 39.9. The molecule has 0 atom stereocenters. The lowest BCUT2D eigenvalue weighted by molar-refractivity contribution is 0.661. The molecule has 1 aliphatic rings.